The number of methoxy groups -OCH3 is 1. The van der Waals surface area contributed by atoms with Gasteiger partial charge in [0.2, 0.25) is 5.91 Å². The number of piperidine rings is 1. The van der Waals surface area contributed by atoms with Crippen molar-refractivity contribution in [1.82, 2.24) is 15.5 Å². The molecule has 1 aromatic carbocycles. The van der Waals surface area contributed by atoms with Crippen LogP contribution in [0, 0.1) is 0 Å². The Labute approximate surface area is 175 Å². The highest BCUT2D eigenvalue weighted by molar-refractivity contribution is 5.90. The molecule has 162 valence electrons. The molecule has 1 aromatic rings. The van der Waals surface area contributed by atoms with Crippen molar-refractivity contribution in [2.45, 2.75) is 59.0 Å². The summed E-state index contributed by atoms with van der Waals surface area (Å²) in [5.74, 6) is 1.34. The van der Waals surface area contributed by atoms with Crippen LogP contribution >= 0.6 is 0 Å². The molecule has 0 aliphatic carbocycles. The van der Waals surface area contributed by atoms with Crippen molar-refractivity contribution in [3.05, 3.63) is 23.8 Å². The van der Waals surface area contributed by atoms with Gasteiger partial charge < -0.3 is 25.6 Å². The van der Waals surface area contributed by atoms with Gasteiger partial charge in [-0.2, -0.15) is 0 Å². The minimum atomic E-state index is -0.123. The minimum Gasteiger partial charge on any atom is -0.495 e. The Morgan fingerprint density at radius 2 is 2.14 bits per heavy atom. The Balaban J connectivity index is 1.88. The Morgan fingerprint density at radius 1 is 1.31 bits per heavy atom. The molecular weight excluding hydrogens is 366 g/mol. The molecule has 7 nitrogen and oxygen atoms in total. The molecule has 0 radical (unpaired) electrons. The quantitative estimate of drug-likeness (QED) is 0.336. The minimum absolute atomic E-state index is 0.123. The molecule has 0 spiro atoms. The second-order valence-corrected chi connectivity index (χ2v) is 7.57. The summed E-state index contributed by atoms with van der Waals surface area (Å²) >= 11 is 0. The largest absolute Gasteiger partial charge is 0.495 e. The van der Waals surface area contributed by atoms with Gasteiger partial charge in [-0.15, -0.1) is 0 Å². The number of guanidine groups is 1. The lowest BCUT2D eigenvalue weighted by Gasteiger charge is -2.33. The number of likely N-dealkylation sites (tertiary alicyclic amines) is 1. The lowest BCUT2D eigenvalue weighted by molar-refractivity contribution is -0.114. The van der Waals surface area contributed by atoms with E-state index in [0.29, 0.717) is 24.0 Å². The molecule has 0 saturated carbocycles. The molecular formula is C22H37N5O2. The molecule has 2 rings (SSSR count). The van der Waals surface area contributed by atoms with Crippen LogP contribution in [0.5, 0.6) is 5.75 Å². The predicted octanol–water partition coefficient (Wildman–Crippen LogP) is 2.97. The number of carbonyl (C=O) groups is 1. The molecule has 1 heterocycles. The van der Waals surface area contributed by atoms with Crippen molar-refractivity contribution < 1.29 is 9.53 Å². The van der Waals surface area contributed by atoms with Crippen molar-refractivity contribution in [1.29, 1.82) is 0 Å². The van der Waals surface area contributed by atoms with E-state index >= 15 is 0 Å². The summed E-state index contributed by atoms with van der Waals surface area (Å²) in [7, 11) is 1.59. The summed E-state index contributed by atoms with van der Waals surface area (Å²) in [5, 5.41) is 9.54. The van der Waals surface area contributed by atoms with Crippen molar-refractivity contribution in [2.24, 2.45) is 4.99 Å². The summed E-state index contributed by atoms with van der Waals surface area (Å²) in [4.78, 5) is 18.7. The normalized spacial score (nSPS) is 17.7. The highest BCUT2D eigenvalue weighted by atomic mass is 16.5. The molecule has 0 aromatic heterocycles. The fourth-order valence-electron chi connectivity index (χ4n) is 3.63. The van der Waals surface area contributed by atoms with E-state index in [2.05, 4.69) is 39.7 Å². The van der Waals surface area contributed by atoms with Gasteiger partial charge in [-0.25, -0.2) is 4.99 Å². The number of hydrogen-bond acceptors (Lipinski definition) is 4. The molecule has 29 heavy (non-hydrogen) atoms. The van der Waals surface area contributed by atoms with E-state index in [-0.39, 0.29) is 5.91 Å². The summed E-state index contributed by atoms with van der Waals surface area (Å²) in [6.07, 6.45) is 5.11. The Bertz CT molecular complexity index is 677. The molecule has 3 N–H and O–H groups in total. The average molecular weight is 404 g/mol. The third-order valence-corrected chi connectivity index (χ3v) is 5.19. The maximum Gasteiger partial charge on any atom is 0.221 e. The van der Waals surface area contributed by atoms with E-state index in [9.17, 15) is 4.79 Å². The first-order chi connectivity index (χ1) is 14.0. The zero-order chi connectivity index (χ0) is 21.1. The average Bonchev–Trinajstić information content (AvgIpc) is 2.70. The molecule has 1 amide bonds. The van der Waals surface area contributed by atoms with Crippen LogP contribution in [0.15, 0.2) is 23.2 Å². The van der Waals surface area contributed by atoms with E-state index in [0.717, 1.165) is 37.6 Å². The van der Waals surface area contributed by atoms with Gasteiger partial charge in [-0.3, -0.25) is 4.79 Å². The van der Waals surface area contributed by atoms with Crippen LogP contribution in [0.3, 0.4) is 0 Å². The number of amides is 1. The highest BCUT2D eigenvalue weighted by Gasteiger charge is 2.17. The van der Waals surface area contributed by atoms with E-state index in [1.807, 2.05) is 18.2 Å². The van der Waals surface area contributed by atoms with Crippen molar-refractivity contribution >= 4 is 17.6 Å². The Kier molecular flexibility index (Phi) is 9.77. The van der Waals surface area contributed by atoms with Crippen molar-refractivity contribution in [3.8, 4) is 5.75 Å². The van der Waals surface area contributed by atoms with E-state index < -0.39 is 0 Å². The molecule has 1 fully saturated rings. The topological polar surface area (TPSA) is 78.0 Å². The van der Waals surface area contributed by atoms with Crippen molar-refractivity contribution in [3.63, 3.8) is 0 Å². The summed E-state index contributed by atoms with van der Waals surface area (Å²) in [6, 6.07) is 6.44. The third kappa shape index (κ3) is 7.93. The van der Waals surface area contributed by atoms with Crippen LogP contribution < -0.4 is 20.7 Å². The van der Waals surface area contributed by atoms with Gasteiger partial charge in [0.1, 0.15) is 5.75 Å². The molecule has 1 aliphatic rings. The standard InChI is InChI=1S/C22H37N5O2/c1-5-23-22(24-12-8-14-27-13-7-6-9-17(27)2)25-16-19-10-11-21(29-4)20(15-19)26-18(3)28/h10-11,15,17H,5-9,12-14,16H2,1-4H3,(H,26,28)(H2,23,24,25). The second kappa shape index (κ2) is 12.3. The number of nitrogens with one attached hydrogen (secondary N) is 3. The number of anilines is 1. The van der Waals surface area contributed by atoms with Crippen LogP contribution in [0.1, 0.15) is 52.0 Å². The Morgan fingerprint density at radius 3 is 2.83 bits per heavy atom. The number of benzene rings is 1. The van der Waals surface area contributed by atoms with E-state index in [4.69, 9.17) is 4.74 Å². The Hall–Kier alpha value is -2.28. The van der Waals surface area contributed by atoms with Crippen molar-refractivity contribution in [2.75, 3.05) is 38.6 Å². The maximum absolute atomic E-state index is 11.4. The first-order valence-corrected chi connectivity index (χ1v) is 10.7. The molecule has 0 bridgehead atoms. The van der Waals surface area contributed by atoms with Crippen LogP contribution in [0.2, 0.25) is 0 Å². The fraction of sp³-hybridized carbons (Fsp3) is 0.636. The molecule has 1 aliphatic heterocycles. The lowest BCUT2D eigenvalue weighted by atomic mass is 10.0. The van der Waals surface area contributed by atoms with Crippen LogP contribution in [0.25, 0.3) is 0 Å². The SMILES string of the molecule is CCNC(=NCc1ccc(OC)c(NC(C)=O)c1)NCCCN1CCCCC1C. The third-order valence-electron chi connectivity index (χ3n) is 5.19. The van der Waals surface area contributed by atoms with Gasteiger partial charge in [0.15, 0.2) is 5.96 Å². The number of ether oxygens (including phenoxy) is 1. The highest BCUT2D eigenvalue weighted by Crippen LogP contribution is 2.25. The van der Waals surface area contributed by atoms with Gasteiger partial charge >= 0.3 is 0 Å². The van der Waals surface area contributed by atoms with Gasteiger partial charge in [0.25, 0.3) is 0 Å². The summed E-state index contributed by atoms with van der Waals surface area (Å²) < 4.78 is 5.31. The molecule has 1 unspecified atom stereocenters. The monoisotopic (exact) mass is 403 g/mol. The zero-order valence-corrected chi connectivity index (χ0v) is 18.4. The summed E-state index contributed by atoms with van der Waals surface area (Å²) in [5.41, 5.74) is 1.68. The molecule has 7 heteroatoms. The smallest absolute Gasteiger partial charge is 0.221 e. The van der Waals surface area contributed by atoms with Crippen LogP contribution in [-0.2, 0) is 11.3 Å². The van der Waals surface area contributed by atoms with Crippen LogP contribution in [0.4, 0.5) is 5.69 Å². The number of hydrogen-bond donors (Lipinski definition) is 3. The van der Waals surface area contributed by atoms with Gasteiger partial charge in [-0.1, -0.05) is 12.5 Å². The zero-order valence-electron chi connectivity index (χ0n) is 18.4. The lowest BCUT2D eigenvalue weighted by Crippen LogP contribution is -2.41. The fourth-order valence-corrected chi connectivity index (χ4v) is 3.63. The van der Waals surface area contributed by atoms with E-state index in [1.165, 1.54) is 32.7 Å². The maximum atomic E-state index is 11.4. The first-order valence-electron chi connectivity index (χ1n) is 10.7. The van der Waals surface area contributed by atoms with Gasteiger partial charge in [0, 0.05) is 32.6 Å². The number of rotatable bonds is 9. The second-order valence-electron chi connectivity index (χ2n) is 7.57. The predicted molar refractivity (Wildman–Crippen MR) is 120 cm³/mol. The first kappa shape index (κ1) is 23.0. The molecule has 1 atom stereocenters. The number of carbonyl (C=O) groups excluding carboxylic acids is 1. The number of aliphatic imine (C=N–C) groups is 1. The van der Waals surface area contributed by atoms with E-state index in [1.54, 1.807) is 7.11 Å². The van der Waals surface area contributed by atoms with Crippen LogP contribution in [-0.4, -0.2) is 56.1 Å². The molecule has 1 saturated heterocycles. The van der Waals surface area contributed by atoms with Gasteiger partial charge in [0.05, 0.1) is 19.3 Å². The van der Waals surface area contributed by atoms with Gasteiger partial charge in [-0.05, 0) is 57.4 Å². The number of nitrogens with zero attached hydrogens (tertiary/aromatic N) is 2. The summed E-state index contributed by atoms with van der Waals surface area (Å²) in [6.45, 7) is 10.5.